The lowest BCUT2D eigenvalue weighted by Crippen LogP contribution is -2.28. The molecule has 134 valence electrons. The van der Waals surface area contributed by atoms with Crippen molar-refractivity contribution in [1.82, 2.24) is 4.90 Å². The van der Waals surface area contributed by atoms with Crippen LogP contribution in [0.4, 0.5) is 0 Å². The molecule has 0 aliphatic carbocycles. The Morgan fingerprint density at radius 2 is 2.12 bits per heavy atom. The van der Waals surface area contributed by atoms with E-state index in [9.17, 15) is 14.4 Å². The Morgan fingerprint density at radius 1 is 1.36 bits per heavy atom. The maximum atomic E-state index is 12.1. The quantitative estimate of drug-likeness (QED) is 0.693. The van der Waals surface area contributed by atoms with Crippen molar-refractivity contribution >= 4 is 23.9 Å². The average Bonchev–Trinajstić information content (AvgIpc) is 3.08. The summed E-state index contributed by atoms with van der Waals surface area (Å²) in [5.74, 6) is -1.44. The molecule has 0 spiro atoms. The number of hydrogen-bond donors (Lipinski definition) is 2. The highest BCUT2D eigenvalue weighted by molar-refractivity contribution is 5.92. The minimum atomic E-state index is -0.879. The number of nitrogens with zero attached hydrogens (tertiary/aromatic N) is 1. The van der Waals surface area contributed by atoms with Gasteiger partial charge >= 0.3 is 5.97 Å². The second kappa shape index (κ2) is 8.18. The number of likely N-dealkylation sites (tertiary alicyclic amines) is 1. The molecule has 0 saturated carbocycles. The van der Waals surface area contributed by atoms with Crippen LogP contribution in [0.25, 0.3) is 6.08 Å². The number of aliphatic carboxylic acids is 1. The molecule has 25 heavy (non-hydrogen) atoms. The molecule has 1 unspecified atom stereocenters. The summed E-state index contributed by atoms with van der Waals surface area (Å²) >= 11 is 0. The van der Waals surface area contributed by atoms with E-state index in [-0.39, 0.29) is 19.1 Å². The second-order valence-electron chi connectivity index (χ2n) is 5.61. The zero-order chi connectivity index (χ0) is 18.4. The lowest BCUT2D eigenvalue weighted by atomic mass is 10.1. The van der Waals surface area contributed by atoms with Crippen LogP contribution in [-0.4, -0.2) is 54.6 Å². The van der Waals surface area contributed by atoms with Gasteiger partial charge in [-0.25, -0.2) is 0 Å². The van der Waals surface area contributed by atoms with Crippen LogP contribution < -0.4 is 15.2 Å². The first-order valence-electron chi connectivity index (χ1n) is 7.69. The molecule has 0 radical (unpaired) electrons. The van der Waals surface area contributed by atoms with Crippen molar-refractivity contribution in [1.29, 1.82) is 0 Å². The molecule has 8 heteroatoms. The predicted molar refractivity (Wildman–Crippen MR) is 89.0 cm³/mol. The van der Waals surface area contributed by atoms with Crippen molar-refractivity contribution in [3.05, 3.63) is 29.8 Å². The number of nitrogens with two attached hydrogens (primary N) is 1. The summed E-state index contributed by atoms with van der Waals surface area (Å²) in [6, 6.07) is 4.97. The molecule has 8 nitrogen and oxygen atoms in total. The largest absolute Gasteiger partial charge is 0.493 e. The molecule has 1 aromatic carbocycles. The number of carboxylic acids is 1. The zero-order valence-electron chi connectivity index (χ0n) is 13.8. The average molecular weight is 348 g/mol. The minimum absolute atomic E-state index is 0.224. The topological polar surface area (TPSA) is 119 Å². The zero-order valence-corrected chi connectivity index (χ0v) is 13.8. The van der Waals surface area contributed by atoms with Crippen LogP contribution in [0.2, 0.25) is 0 Å². The van der Waals surface area contributed by atoms with E-state index in [0.717, 1.165) is 0 Å². The van der Waals surface area contributed by atoms with Crippen LogP contribution in [0.15, 0.2) is 24.3 Å². The van der Waals surface area contributed by atoms with Gasteiger partial charge in [-0.05, 0) is 30.2 Å². The molecule has 1 atom stereocenters. The van der Waals surface area contributed by atoms with Crippen molar-refractivity contribution in [2.24, 2.45) is 11.7 Å². The highest BCUT2D eigenvalue weighted by Gasteiger charge is 2.29. The number of carbonyl (C=O) groups is 3. The van der Waals surface area contributed by atoms with Crippen LogP contribution in [0.5, 0.6) is 11.5 Å². The maximum absolute atomic E-state index is 12.1. The van der Waals surface area contributed by atoms with E-state index in [0.29, 0.717) is 30.0 Å². The number of hydrogen-bond acceptors (Lipinski definition) is 5. The number of benzene rings is 1. The van der Waals surface area contributed by atoms with Crippen molar-refractivity contribution in [3.63, 3.8) is 0 Å². The van der Waals surface area contributed by atoms with Crippen molar-refractivity contribution in [2.45, 2.75) is 6.42 Å². The van der Waals surface area contributed by atoms with E-state index in [2.05, 4.69) is 0 Å². The van der Waals surface area contributed by atoms with E-state index in [1.807, 2.05) is 0 Å². The van der Waals surface area contributed by atoms with E-state index in [1.165, 1.54) is 18.1 Å². The predicted octanol–water partition coefficient (Wildman–Crippen LogP) is 0.506. The molecule has 1 aliphatic heterocycles. The Bertz CT molecular complexity index is 700. The molecular weight excluding hydrogens is 328 g/mol. The minimum Gasteiger partial charge on any atom is -0.493 e. The molecular formula is C17H20N2O6. The number of ether oxygens (including phenoxy) is 2. The molecule has 0 bridgehead atoms. The Labute approximate surface area is 144 Å². The summed E-state index contributed by atoms with van der Waals surface area (Å²) in [6.45, 7) is 0.398. The van der Waals surface area contributed by atoms with Crippen LogP contribution in [0.3, 0.4) is 0 Å². The second-order valence-corrected chi connectivity index (χ2v) is 5.61. The van der Waals surface area contributed by atoms with Crippen LogP contribution in [-0.2, 0) is 14.4 Å². The summed E-state index contributed by atoms with van der Waals surface area (Å²) in [4.78, 5) is 35.3. The lowest BCUT2D eigenvalue weighted by molar-refractivity contribution is -0.141. The highest BCUT2D eigenvalue weighted by atomic mass is 16.5. The van der Waals surface area contributed by atoms with Gasteiger partial charge in [-0.15, -0.1) is 0 Å². The summed E-state index contributed by atoms with van der Waals surface area (Å²) < 4.78 is 10.4. The van der Waals surface area contributed by atoms with Crippen molar-refractivity contribution in [2.75, 3.05) is 26.8 Å². The monoisotopic (exact) mass is 348 g/mol. The summed E-state index contributed by atoms with van der Waals surface area (Å²) in [5.41, 5.74) is 5.74. The fourth-order valence-electron chi connectivity index (χ4n) is 2.49. The third kappa shape index (κ3) is 4.97. The summed E-state index contributed by atoms with van der Waals surface area (Å²) in [7, 11) is 1.46. The standard InChI is InChI=1S/C17H20N2O6/c1-24-14-8-11(2-4-13(14)25-10-15(18)20)3-5-16(21)19-7-6-12(9-19)17(22)23/h2-5,8,12H,6-7,9-10H2,1H3,(H2,18,20)(H,22,23)/b5-3+. The van der Waals surface area contributed by atoms with Gasteiger partial charge in [0, 0.05) is 19.2 Å². The number of carboxylic acid groups (broad SMARTS) is 1. The Kier molecular flexibility index (Phi) is 5.99. The molecule has 2 rings (SSSR count). The van der Waals surface area contributed by atoms with Crippen molar-refractivity contribution in [3.8, 4) is 11.5 Å². The molecule has 3 N–H and O–H groups in total. The van der Waals surface area contributed by atoms with Gasteiger partial charge in [0.2, 0.25) is 5.91 Å². The van der Waals surface area contributed by atoms with Gasteiger partial charge in [0.25, 0.3) is 5.91 Å². The first-order valence-corrected chi connectivity index (χ1v) is 7.69. The number of amides is 2. The van der Waals surface area contributed by atoms with Crippen LogP contribution in [0.1, 0.15) is 12.0 Å². The first-order chi connectivity index (χ1) is 11.9. The van der Waals surface area contributed by atoms with E-state index in [1.54, 1.807) is 24.3 Å². The van der Waals surface area contributed by atoms with Gasteiger partial charge in [-0.2, -0.15) is 0 Å². The molecule has 2 amide bonds. The molecule has 1 aromatic rings. The normalized spacial score (nSPS) is 16.8. The molecule has 1 heterocycles. The lowest BCUT2D eigenvalue weighted by Gasteiger charge is -2.13. The molecule has 1 fully saturated rings. The molecule has 0 aromatic heterocycles. The number of methoxy groups -OCH3 is 1. The number of primary amides is 1. The third-order valence-corrected chi connectivity index (χ3v) is 3.83. The van der Waals surface area contributed by atoms with Crippen molar-refractivity contribution < 1.29 is 29.0 Å². The third-order valence-electron chi connectivity index (χ3n) is 3.83. The summed E-state index contributed by atoms with van der Waals surface area (Å²) in [6.07, 6.45) is 3.47. The van der Waals surface area contributed by atoms with Gasteiger partial charge < -0.3 is 25.2 Å². The number of carbonyl (C=O) groups excluding carboxylic acids is 2. The summed E-state index contributed by atoms with van der Waals surface area (Å²) in [5, 5.41) is 8.97. The Balaban J connectivity index is 2.02. The van der Waals surface area contributed by atoms with Crippen LogP contribution in [0, 0.1) is 5.92 Å². The van der Waals surface area contributed by atoms with Crippen LogP contribution >= 0.6 is 0 Å². The first kappa shape index (κ1) is 18.3. The fourth-order valence-corrected chi connectivity index (χ4v) is 2.49. The van der Waals surface area contributed by atoms with E-state index in [4.69, 9.17) is 20.3 Å². The molecule has 1 saturated heterocycles. The van der Waals surface area contributed by atoms with Gasteiger partial charge in [-0.3, -0.25) is 14.4 Å². The van der Waals surface area contributed by atoms with E-state index < -0.39 is 17.8 Å². The van der Waals surface area contributed by atoms with Gasteiger partial charge in [-0.1, -0.05) is 6.07 Å². The van der Waals surface area contributed by atoms with Gasteiger partial charge in [0.05, 0.1) is 13.0 Å². The fraction of sp³-hybridized carbons (Fsp3) is 0.353. The maximum Gasteiger partial charge on any atom is 0.308 e. The van der Waals surface area contributed by atoms with Gasteiger partial charge in [0.15, 0.2) is 18.1 Å². The highest BCUT2D eigenvalue weighted by Crippen LogP contribution is 2.28. The Hall–Kier alpha value is -3.03. The molecule has 1 aliphatic rings. The SMILES string of the molecule is COc1cc(/C=C/C(=O)N2CCC(C(=O)O)C2)ccc1OCC(N)=O. The smallest absolute Gasteiger partial charge is 0.308 e. The Morgan fingerprint density at radius 3 is 2.72 bits per heavy atom. The van der Waals surface area contributed by atoms with E-state index >= 15 is 0 Å². The van der Waals surface area contributed by atoms with Gasteiger partial charge in [0.1, 0.15) is 0 Å². The number of rotatable bonds is 7.